The van der Waals surface area contributed by atoms with E-state index in [0.717, 1.165) is 30.6 Å². The van der Waals surface area contributed by atoms with Gasteiger partial charge in [0, 0.05) is 44.3 Å². The van der Waals surface area contributed by atoms with Gasteiger partial charge < -0.3 is 14.9 Å². The molecule has 2 saturated heterocycles. The molecule has 3 aliphatic rings. The summed E-state index contributed by atoms with van der Waals surface area (Å²) in [5.41, 5.74) is 1.08. The van der Waals surface area contributed by atoms with Crippen molar-refractivity contribution in [3.8, 4) is 5.75 Å². The molecule has 3 fully saturated rings. The summed E-state index contributed by atoms with van der Waals surface area (Å²) in [6, 6.07) is 8.77. The lowest BCUT2D eigenvalue weighted by Crippen LogP contribution is -2.46. The molecule has 1 N–H and O–H groups in total. The third-order valence-corrected chi connectivity index (χ3v) is 7.47. The Morgan fingerprint density at radius 1 is 0.897 bits per heavy atom. The van der Waals surface area contributed by atoms with Crippen molar-refractivity contribution in [2.75, 3.05) is 45.8 Å². The van der Waals surface area contributed by atoms with Gasteiger partial charge in [-0.2, -0.15) is 0 Å². The number of rotatable bonds is 8. The van der Waals surface area contributed by atoms with E-state index in [1.807, 2.05) is 12.1 Å². The molecule has 0 amide bonds. The molecule has 1 saturated carbocycles. The Bertz CT molecular complexity index is 610. The smallest absolute Gasteiger partial charge is 0.120 e. The molecule has 1 aromatic rings. The highest BCUT2D eigenvalue weighted by Crippen LogP contribution is 2.29. The van der Waals surface area contributed by atoms with Gasteiger partial charge in [-0.15, -0.1) is 0 Å². The number of aromatic hydroxyl groups is 1. The quantitative estimate of drug-likeness (QED) is 0.704. The number of likely N-dealkylation sites (tertiary alicyclic amines) is 2. The fraction of sp³-hybridized carbons (Fsp3) is 0.760. The van der Waals surface area contributed by atoms with E-state index in [2.05, 4.69) is 26.8 Å². The maximum atomic E-state index is 10.3. The SMILES string of the molecule is Oc1ccccc1CN(CCN1CCCCC1)C[C@@H]1CCCN(C2CCCC2)C1. The lowest BCUT2D eigenvalue weighted by atomic mass is 9.95. The second kappa shape index (κ2) is 10.8. The number of piperidine rings is 2. The minimum atomic E-state index is 0.451. The number of phenolic OH excluding ortho intramolecular Hbond substituents is 1. The average molecular weight is 400 g/mol. The summed E-state index contributed by atoms with van der Waals surface area (Å²) >= 11 is 0. The van der Waals surface area contributed by atoms with Gasteiger partial charge in [0.2, 0.25) is 0 Å². The van der Waals surface area contributed by atoms with Gasteiger partial charge in [-0.3, -0.25) is 4.90 Å². The Balaban J connectivity index is 1.36. The van der Waals surface area contributed by atoms with Crippen LogP contribution < -0.4 is 0 Å². The molecule has 0 spiro atoms. The maximum absolute atomic E-state index is 10.3. The van der Waals surface area contributed by atoms with E-state index in [9.17, 15) is 5.11 Å². The minimum absolute atomic E-state index is 0.451. The molecule has 4 heteroatoms. The van der Waals surface area contributed by atoms with Gasteiger partial charge in [0.05, 0.1) is 0 Å². The van der Waals surface area contributed by atoms with Crippen LogP contribution in [0, 0.1) is 5.92 Å². The molecule has 162 valence electrons. The topological polar surface area (TPSA) is 30.0 Å². The molecule has 4 rings (SSSR count). The van der Waals surface area contributed by atoms with Crippen LogP contribution in [0.5, 0.6) is 5.75 Å². The van der Waals surface area contributed by atoms with Gasteiger partial charge in [-0.1, -0.05) is 37.5 Å². The molecule has 29 heavy (non-hydrogen) atoms. The number of benzene rings is 1. The summed E-state index contributed by atoms with van der Waals surface area (Å²) in [5.74, 6) is 1.23. The third kappa shape index (κ3) is 6.19. The first-order valence-electron chi connectivity index (χ1n) is 12.2. The van der Waals surface area contributed by atoms with Crippen LogP contribution in [-0.4, -0.2) is 71.7 Å². The van der Waals surface area contributed by atoms with Gasteiger partial charge in [-0.05, 0) is 70.1 Å². The highest BCUT2D eigenvalue weighted by atomic mass is 16.3. The lowest BCUT2D eigenvalue weighted by Gasteiger charge is -2.39. The third-order valence-electron chi connectivity index (χ3n) is 7.47. The molecule has 2 aliphatic heterocycles. The Hall–Kier alpha value is -1.10. The monoisotopic (exact) mass is 399 g/mol. The lowest BCUT2D eigenvalue weighted by molar-refractivity contribution is 0.0909. The van der Waals surface area contributed by atoms with Crippen LogP contribution in [0.3, 0.4) is 0 Å². The standard InChI is InChI=1S/C25H41N3O/c29-25-13-5-2-10-23(25)21-27(18-17-26-14-6-1-7-15-26)19-22-9-8-16-28(20-22)24-11-3-4-12-24/h2,5,10,13,22,24,29H,1,3-4,6-9,11-12,14-21H2/t22-/m0/s1. The maximum Gasteiger partial charge on any atom is 0.120 e. The van der Waals surface area contributed by atoms with E-state index in [0.29, 0.717) is 5.75 Å². The van der Waals surface area contributed by atoms with Crippen LogP contribution in [0.4, 0.5) is 0 Å². The molecule has 1 aromatic carbocycles. The first-order valence-corrected chi connectivity index (χ1v) is 12.2. The van der Waals surface area contributed by atoms with E-state index in [1.54, 1.807) is 0 Å². The first-order chi connectivity index (χ1) is 14.3. The molecule has 4 nitrogen and oxygen atoms in total. The molecule has 1 atom stereocenters. The fourth-order valence-electron chi connectivity index (χ4n) is 5.80. The summed E-state index contributed by atoms with van der Waals surface area (Å²) < 4.78 is 0. The van der Waals surface area contributed by atoms with Gasteiger partial charge in [0.25, 0.3) is 0 Å². The van der Waals surface area contributed by atoms with E-state index in [-0.39, 0.29) is 0 Å². The van der Waals surface area contributed by atoms with Crippen LogP contribution in [0.15, 0.2) is 24.3 Å². The minimum Gasteiger partial charge on any atom is -0.508 e. The van der Waals surface area contributed by atoms with E-state index in [4.69, 9.17) is 0 Å². The zero-order valence-corrected chi connectivity index (χ0v) is 18.3. The number of nitrogens with zero attached hydrogens (tertiary/aromatic N) is 3. The fourth-order valence-corrected chi connectivity index (χ4v) is 5.80. The van der Waals surface area contributed by atoms with Crippen LogP contribution in [0.25, 0.3) is 0 Å². The number of hydrogen-bond acceptors (Lipinski definition) is 4. The van der Waals surface area contributed by atoms with Crippen molar-refractivity contribution in [1.82, 2.24) is 14.7 Å². The van der Waals surface area contributed by atoms with Crippen molar-refractivity contribution in [2.24, 2.45) is 5.92 Å². The Labute approximate surface area is 177 Å². The van der Waals surface area contributed by atoms with E-state index >= 15 is 0 Å². The van der Waals surface area contributed by atoms with Gasteiger partial charge in [0.1, 0.15) is 5.75 Å². The number of para-hydroxylation sites is 1. The predicted octanol–water partition coefficient (Wildman–Crippen LogP) is 4.33. The predicted molar refractivity (Wildman–Crippen MR) is 120 cm³/mol. The Kier molecular flexibility index (Phi) is 7.87. The van der Waals surface area contributed by atoms with E-state index < -0.39 is 0 Å². The first kappa shape index (κ1) is 21.1. The average Bonchev–Trinajstić information content (AvgIpc) is 3.30. The molecular weight excluding hydrogens is 358 g/mol. The van der Waals surface area contributed by atoms with Crippen LogP contribution >= 0.6 is 0 Å². The normalized spacial score (nSPS) is 25.1. The van der Waals surface area contributed by atoms with Crippen LogP contribution in [-0.2, 0) is 6.54 Å². The number of hydrogen-bond donors (Lipinski definition) is 1. The molecule has 2 heterocycles. The zero-order valence-electron chi connectivity index (χ0n) is 18.3. The molecule has 0 radical (unpaired) electrons. The summed E-state index contributed by atoms with van der Waals surface area (Å²) in [5, 5.41) is 10.3. The zero-order chi connectivity index (χ0) is 19.9. The van der Waals surface area contributed by atoms with E-state index in [1.165, 1.54) is 97.1 Å². The second-order valence-electron chi connectivity index (χ2n) is 9.71. The Morgan fingerprint density at radius 2 is 1.69 bits per heavy atom. The Morgan fingerprint density at radius 3 is 2.48 bits per heavy atom. The largest absolute Gasteiger partial charge is 0.508 e. The highest BCUT2D eigenvalue weighted by Gasteiger charge is 2.29. The summed E-state index contributed by atoms with van der Waals surface area (Å²) in [6.07, 6.45) is 12.5. The molecular formula is C25H41N3O. The number of phenols is 1. The summed E-state index contributed by atoms with van der Waals surface area (Å²) in [6.45, 7) is 9.47. The van der Waals surface area contributed by atoms with Crippen LogP contribution in [0.1, 0.15) is 63.4 Å². The summed E-state index contributed by atoms with van der Waals surface area (Å²) in [7, 11) is 0. The van der Waals surface area contributed by atoms with Crippen molar-refractivity contribution in [2.45, 2.75) is 70.4 Å². The highest BCUT2D eigenvalue weighted by molar-refractivity contribution is 5.31. The van der Waals surface area contributed by atoms with Crippen molar-refractivity contribution in [1.29, 1.82) is 0 Å². The van der Waals surface area contributed by atoms with Crippen molar-refractivity contribution < 1.29 is 5.11 Å². The van der Waals surface area contributed by atoms with Gasteiger partial charge in [-0.25, -0.2) is 0 Å². The molecule has 0 aromatic heterocycles. The molecule has 0 unspecified atom stereocenters. The van der Waals surface area contributed by atoms with Crippen molar-refractivity contribution in [3.05, 3.63) is 29.8 Å². The van der Waals surface area contributed by atoms with Crippen molar-refractivity contribution in [3.63, 3.8) is 0 Å². The van der Waals surface area contributed by atoms with Crippen molar-refractivity contribution >= 4 is 0 Å². The van der Waals surface area contributed by atoms with Gasteiger partial charge >= 0.3 is 0 Å². The molecule has 0 bridgehead atoms. The second-order valence-corrected chi connectivity index (χ2v) is 9.71. The van der Waals surface area contributed by atoms with Crippen LogP contribution in [0.2, 0.25) is 0 Å². The summed E-state index contributed by atoms with van der Waals surface area (Å²) in [4.78, 5) is 8.09. The molecule has 1 aliphatic carbocycles. The van der Waals surface area contributed by atoms with Gasteiger partial charge in [0.15, 0.2) is 0 Å².